The van der Waals surface area contributed by atoms with Crippen LogP contribution in [-0.4, -0.2) is 15.6 Å². The van der Waals surface area contributed by atoms with E-state index in [4.69, 9.17) is 11.6 Å². The molecule has 0 unspecified atom stereocenters. The quantitative estimate of drug-likeness (QED) is 0.789. The molecular formula is C11H11ClN2OS. The van der Waals surface area contributed by atoms with Gasteiger partial charge in [0.15, 0.2) is 5.78 Å². The number of carbonyl (C=O) groups excluding carboxylic acids is 1. The van der Waals surface area contributed by atoms with Crippen LogP contribution in [-0.2, 0) is 6.54 Å². The molecule has 0 aliphatic rings. The van der Waals surface area contributed by atoms with Gasteiger partial charge in [-0.3, -0.25) is 9.48 Å². The summed E-state index contributed by atoms with van der Waals surface area (Å²) in [5.74, 6) is 0.0709. The number of Topliss-reactive ketones (excluding diaryl/α,β-unsaturated/α-hetero) is 1. The summed E-state index contributed by atoms with van der Waals surface area (Å²) >= 11 is 7.37. The van der Waals surface area contributed by atoms with Gasteiger partial charge in [-0.15, -0.1) is 11.3 Å². The molecule has 2 aromatic heterocycles. The van der Waals surface area contributed by atoms with Crippen LogP contribution in [0.25, 0.3) is 0 Å². The Labute approximate surface area is 103 Å². The molecule has 5 heteroatoms. The Kier molecular flexibility index (Phi) is 3.12. The smallest absolute Gasteiger partial charge is 0.185 e. The van der Waals surface area contributed by atoms with E-state index in [1.165, 1.54) is 6.20 Å². The average molecular weight is 255 g/mol. The van der Waals surface area contributed by atoms with Crippen LogP contribution < -0.4 is 0 Å². The van der Waals surface area contributed by atoms with Crippen molar-refractivity contribution in [1.82, 2.24) is 9.78 Å². The van der Waals surface area contributed by atoms with Gasteiger partial charge in [0, 0.05) is 21.5 Å². The van der Waals surface area contributed by atoms with E-state index >= 15 is 0 Å². The Morgan fingerprint density at radius 2 is 2.31 bits per heavy atom. The van der Waals surface area contributed by atoms with Gasteiger partial charge in [0.2, 0.25) is 0 Å². The fourth-order valence-electron chi connectivity index (χ4n) is 1.56. The average Bonchev–Trinajstić information content (AvgIpc) is 2.73. The maximum Gasteiger partial charge on any atom is 0.185 e. The first-order chi connectivity index (χ1) is 7.56. The van der Waals surface area contributed by atoms with Crippen LogP contribution in [0.1, 0.15) is 20.1 Å². The fraction of sp³-hybridized carbons (Fsp3) is 0.273. The van der Waals surface area contributed by atoms with Gasteiger partial charge in [-0.05, 0) is 19.9 Å². The maximum absolute atomic E-state index is 12.0. The van der Waals surface area contributed by atoms with Gasteiger partial charge < -0.3 is 0 Å². The third-order valence-electron chi connectivity index (χ3n) is 2.25. The van der Waals surface area contributed by atoms with Crippen LogP contribution >= 0.6 is 22.9 Å². The molecule has 0 atom stereocenters. The van der Waals surface area contributed by atoms with E-state index in [0.29, 0.717) is 5.02 Å². The lowest BCUT2D eigenvalue weighted by Crippen LogP contribution is -2.10. The van der Waals surface area contributed by atoms with Gasteiger partial charge >= 0.3 is 0 Å². The minimum Gasteiger partial charge on any atom is -0.292 e. The lowest BCUT2D eigenvalue weighted by molar-refractivity contribution is 0.0967. The third-order valence-corrected chi connectivity index (χ3v) is 3.41. The van der Waals surface area contributed by atoms with Crippen molar-refractivity contribution in [1.29, 1.82) is 0 Å². The normalized spacial score (nSPS) is 10.7. The molecule has 0 aromatic carbocycles. The van der Waals surface area contributed by atoms with Crippen molar-refractivity contribution < 1.29 is 4.79 Å². The standard InChI is InChI=1S/C11H11ClN2OS/c1-7-3-10(8(2)16-7)11(15)6-14-5-9(12)4-13-14/h3-5H,6H2,1-2H3. The minimum atomic E-state index is 0.0709. The first kappa shape index (κ1) is 11.4. The Bertz CT molecular complexity index is 530. The van der Waals surface area contributed by atoms with Crippen LogP contribution in [0.2, 0.25) is 5.02 Å². The van der Waals surface area contributed by atoms with E-state index in [9.17, 15) is 4.79 Å². The molecule has 3 nitrogen and oxygen atoms in total. The van der Waals surface area contributed by atoms with Crippen LogP contribution in [0.5, 0.6) is 0 Å². The minimum absolute atomic E-state index is 0.0709. The summed E-state index contributed by atoms with van der Waals surface area (Å²) in [6.07, 6.45) is 3.18. The summed E-state index contributed by atoms with van der Waals surface area (Å²) in [5.41, 5.74) is 0.786. The van der Waals surface area contributed by atoms with E-state index in [1.54, 1.807) is 22.2 Å². The zero-order chi connectivity index (χ0) is 11.7. The van der Waals surface area contributed by atoms with Crippen molar-refractivity contribution in [2.45, 2.75) is 20.4 Å². The number of nitrogens with zero attached hydrogens (tertiary/aromatic N) is 2. The number of rotatable bonds is 3. The number of aryl methyl sites for hydroxylation is 2. The number of thiophene rings is 1. The monoisotopic (exact) mass is 254 g/mol. The third kappa shape index (κ3) is 2.33. The maximum atomic E-state index is 12.0. The fourth-order valence-corrected chi connectivity index (χ4v) is 2.66. The molecule has 16 heavy (non-hydrogen) atoms. The van der Waals surface area contributed by atoms with Crippen molar-refractivity contribution in [2.24, 2.45) is 0 Å². The molecule has 0 amide bonds. The van der Waals surface area contributed by atoms with Crippen molar-refractivity contribution >= 4 is 28.7 Å². The highest BCUT2D eigenvalue weighted by Gasteiger charge is 2.12. The van der Waals surface area contributed by atoms with E-state index in [1.807, 2.05) is 19.9 Å². The Morgan fingerprint density at radius 3 is 2.81 bits per heavy atom. The van der Waals surface area contributed by atoms with Gasteiger partial charge in [0.1, 0.15) is 6.54 Å². The lowest BCUT2D eigenvalue weighted by atomic mass is 10.1. The summed E-state index contributed by atoms with van der Waals surface area (Å²) in [5, 5.41) is 4.53. The van der Waals surface area contributed by atoms with E-state index in [2.05, 4.69) is 5.10 Å². The molecule has 0 saturated carbocycles. The SMILES string of the molecule is Cc1cc(C(=O)Cn2cc(Cl)cn2)c(C)s1. The van der Waals surface area contributed by atoms with Gasteiger partial charge in [0.05, 0.1) is 11.2 Å². The van der Waals surface area contributed by atoms with Crippen molar-refractivity contribution in [3.8, 4) is 0 Å². The largest absolute Gasteiger partial charge is 0.292 e. The Morgan fingerprint density at radius 1 is 1.56 bits per heavy atom. The molecule has 84 valence electrons. The molecule has 0 saturated heterocycles. The molecule has 2 aromatic rings. The van der Waals surface area contributed by atoms with Gasteiger partial charge in [-0.2, -0.15) is 5.10 Å². The second-order valence-electron chi connectivity index (χ2n) is 3.61. The number of halogens is 1. The van der Waals surface area contributed by atoms with Gasteiger partial charge in [-0.1, -0.05) is 11.6 Å². The highest BCUT2D eigenvalue weighted by atomic mass is 35.5. The Hall–Kier alpha value is -1.13. The highest BCUT2D eigenvalue weighted by molar-refractivity contribution is 7.12. The topological polar surface area (TPSA) is 34.9 Å². The zero-order valence-corrected chi connectivity index (χ0v) is 10.6. The zero-order valence-electron chi connectivity index (χ0n) is 9.03. The molecule has 0 N–H and O–H groups in total. The molecule has 0 spiro atoms. The second kappa shape index (κ2) is 4.39. The molecule has 2 heterocycles. The summed E-state index contributed by atoms with van der Waals surface area (Å²) in [4.78, 5) is 14.2. The van der Waals surface area contributed by atoms with E-state index in [0.717, 1.165) is 15.3 Å². The van der Waals surface area contributed by atoms with Crippen LogP contribution in [0, 0.1) is 13.8 Å². The number of ketones is 1. The summed E-state index contributed by atoms with van der Waals surface area (Å²) in [6, 6.07) is 1.92. The molecule has 0 bridgehead atoms. The van der Waals surface area contributed by atoms with Crippen molar-refractivity contribution in [3.63, 3.8) is 0 Å². The molecule has 2 rings (SSSR count). The van der Waals surface area contributed by atoms with Crippen LogP contribution in [0.3, 0.4) is 0 Å². The van der Waals surface area contributed by atoms with Gasteiger partial charge in [-0.25, -0.2) is 0 Å². The molecule has 0 fully saturated rings. The van der Waals surface area contributed by atoms with Crippen LogP contribution in [0.4, 0.5) is 0 Å². The van der Waals surface area contributed by atoms with Crippen LogP contribution in [0.15, 0.2) is 18.5 Å². The van der Waals surface area contributed by atoms with E-state index < -0.39 is 0 Å². The van der Waals surface area contributed by atoms with E-state index in [-0.39, 0.29) is 12.3 Å². The van der Waals surface area contributed by atoms with Gasteiger partial charge in [0.25, 0.3) is 0 Å². The molecular weight excluding hydrogens is 244 g/mol. The molecule has 0 aliphatic carbocycles. The predicted octanol–water partition coefficient (Wildman–Crippen LogP) is 3.10. The first-order valence-corrected chi connectivity index (χ1v) is 6.04. The highest BCUT2D eigenvalue weighted by Crippen LogP contribution is 2.21. The molecule has 0 aliphatic heterocycles. The number of aromatic nitrogens is 2. The summed E-state index contributed by atoms with van der Waals surface area (Å²) < 4.78 is 1.55. The van der Waals surface area contributed by atoms with Crippen molar-refractivity contribution in [3.05, 3.63) is 38.8 Å². The molecule has 0 radical (unpaired) electrons. The lowest BCUT2D eigenvalue weighted by Gasteiger charge is -1.99. The predicted molar refractivity (Wildman–Crippen MR) is 65.4 cm³/mol. The first-order valence-electron chi connectivity index (χ1n) is 4.84. The number of hydrogen-bond donors (Lipinski definition) is 0. The summed E-state index contributed by atoms with van der Waals surface area (Å²) in [7, 11) is 0. The second-order valence-corrected chi connectivity index (χ2v) is 5.50. The Balaban J connectivity index is 2.17. The summed E-state index contributed by atoms with van der Waals surface area (Å²) in [6.45, 7) is 4.20. The van der Waals surface area contributed by atoms with Crippen molar-refractivity contribution in [2.75, 3.05) is 0 Å². The number of carbonyl (C=O) groups is 1. The number of hydrogen-bond acceptors (Lipinski definition) is 3.